The van der Waals surface area contributed by atoms with Crippen molar-refractivity contribution in [2.24, 2.45) is 0 Å². The molecule has 0 spiro atoms. The van der Waals surface area contributed by atoms with Crippen molar-refractivity contribution >= 4 is 33.4 Å². The van der Waals surface area contributed by atoms with Crippen molar-refractivity contribution in [1.29, 1.82) is 0 Å². The van der Waals surface area contributed by atoms with Crippen molar-refractivity contribution in [1.82, 2.24) is 5.32 Å². The number of carbonyl (C=O) groups excluding carboxylic acids is 1. The van der Waals surface area contributed by atoms with Gasteiger partial charge in [-0.2, -0.15) is 0 Å². The predicted octanol–water partition coefficient (Wildman–Crippen LogP) is 3.48. The zero-order chi connectivity index (χ0) is 13.0. The Morgan fingerprint density at radius 2 is 2.29 bits per heavy atom. The Labute approximate surface area is 114 Å². The van der Waals surface area contributed by atoms with E-state index < -0.39 is 0 Å². The Hall–Kier alpha value is -0.740. The van der Waals surface area contributed by atoms with Crippen LogP contribution in [0, 0.1) is 6.92 Å². The highest BCUT2D eigenvalue weighted by Gasteiger charge is 2.18. The Kier molecular flexibility index (Phi) is 5.28. The molecule has 2 N–H and O–H groups in total. The molecule has 1 rings (SSSR count). The minimum atomic E-state index is -0.305. The van der Waals surface area contributed by atoms with Crippen LogP contribution < -0.4 is 5.32 Å². The van der Waals surface area contributed by atoms with E-state index in [0.29, 0.717) is 21.5 Å². The number of aromatic hydroxyl groups is 1. The van der Waals surface area contributed by atoms with Crippen LogP contribution in [0.25, 0.3) is 0 Å². The lowest BCUT2D eigenvalue weighted by molar-refractivity contribution is -0.121. The van der Waals surface area contributed by atoms with Gasteiger partial charge in [-0.15, -0.1) is 0 Å². The summed E-state index contributed by atoms with van der Waals surface area (Å²) in [6.07, 6.45) is 0.547. The van der Waals surface area contributed by atoms with Crippen LogP contribution in [0.5, 0.6) is 5.75 Å². The molecule has 0 saturated carbocycles. The van der Waals surface area contributed by atoms with Gasteiger partial charge in [-0.25, -0.2) is 0 Å². The van der Waals surface area contributed by atoms with E-state index in [9.17, 15) is 9.90 Å². The lowest BCUT2D eigenvalue weighted by Crippen LogP contribution is -2.27. The zero-order valence-corrected chi connectivity index (χ0v) is 11.7. The molecule has 0 bridgehead atoms. The molecule has 0 aromatic heterocycles. The van der Waals surface area contributed by atoms with Crippen molar-refractivity contribution < 1.29 is 9.90 Å². The molecular weight excluding hydrogens is 305 g/mol. The number of amides is 1. The first-order valence-corrected chi connectivity index (χ1v) is 6.34. The summed E-state index contributed by atoms with van der Waals surface area (Å²) in [7, 11) is 0. The van der Waals surface area contributed by atoms with Crippen LogP contribution in [0.2, 0.25) is 5.02 Å². The molecule has 92 valence electrons. The molecule has 17 heavy (non-hydrogen) atoms. The van der Waals surface area contributed by atoms with Crippen LogP contribution in [0.15, 0.2) is 16.6 Å². The van der Waals surface area contributed by atoms with Crippen LogP contribution >= 0.6 is 27.5 Å². The van der Waals surface area contributed by atoms with Gasteiger partial charge in [-0.05, 0) is 41.4 Å². The van der Waals surface area contributed by atoms with Crippen molar-refractivity contribution in [3.63, 3.8) is 0 Å². The molecule has 0 saturated heterocycles. The van der Waals surface area contributed by atoms with Gasteiger partial charge in [0.25, 0.3) is 0 Å². The molecule has 1 aromatic carbocycles. The Bertz CT molecular complexity index is 423. The number of rotatable bonds is 4. The van der Waals surface area contributed by atoms with Gasteiger partial charge in [0.2, 0.25) is 5.91 Å². The summed E-state index contributed by atoms with van der Waals surface area (Å²) in [5.74, 6) is -0.189. The first kappa shape index (κ1) is 14.3. The van der Waals surface area contributed by atoms with Gasteiger partial charge in [0.1, 0.15) is 5.75 Å². The highest BCUT2D eigenvalue weighted by atomic mass is 79.9. The number of phenolic OH excluding ortho intramolecular Hbond substituents is 1. The number of benzene rings is 1. The van der Waals surface area contributed by atoms with Crippen molar-refractivity contribution in [2.75, 3.05) is 0 Å². The molecule has 5 heteroatoms. The molecule has 1 atom stereocenters. The van der Waals surface area contributed by atoms with Crippen LogP contribution in [0.3, 0.4) is 0 Å². The molecular formula is C12H13BrClNO2. The maximum absolute atomic E-state index is 11.3. The second-order valence-electron chi connectivity index (χ2n) is 3.56. The summed E-state index contributed by atoms with van der Waals surface area (Å²) in [5, 5.41) is 13.1. The van der Waals surface area contributed by atoms with Gasteiger partial charge in [0.15, 0.2) is 0 Å². The minimum Gasteiger partial charge on any atom is -0.506 e. The maximum Gasteiger partial charge on any atom is 0.220 e. The Morgan fingerprint density at radius 1 is 1.65 bits per heavy atom. The lowest BCUT2D eigenvalue weighted by atomic mass is 10.0. The number of phenols is 1. The van der Waals surface area contributed by atoms with Crippen molar-refractivity contribution in [2.45, 2.75) is 25.8 Å². The van der Waals surface area contributed by atoms with E-state index in [1.165, 1.54) is 0 Å². The first-order chi connectivity index (χ1) is 7.99. The van der Waals surface area contributed by atoms with Gasteiger partial charge >= 0.3 is 0 Å². The Morgan fingerprint density at radius 3 is 2.82 bits per heavy atom. The highest BCUT2D eigenvalue weighted by molar-refractivity contribution is 9.10. The SMILES string of the molecule is [CH]CC(=O)N[C@@H](CC)c1cc(Cl)cc(Br)c1O. The van der Waals surface area contributed by atoms with E-state index in [2.05, 4.69) is 21.2 Å². The molecule has 0 aliphatic carbocycles. The standard InChI is InChI=1S/C12H13BrClNO2/c1-3-10(15-11(16)4-2)8-5-7(14)6-9(13)12(8)17/h2,5-6,10,17H,3-4H2,1H3,(H,15,16)/t10-/m0/s1. The van der Waals surface area contributed by atoms with Gasteiger partial charge in [-0.1, -0.05) is 18.5 Å². The van der Waals surface area contributed by atoms with Gasteiger partial charge < -0.3 is 10.4 Å². The summed E-state index contributed by atoms with van der Waals surface area (Å²) in [6, 6.07) is 2.92. The van der Waals surface area contributed by atoms with E-state index >= 15 is 0 Å². The summed E-state index contributed by atoms with van der Waals surface area (Å²) >= 11 is 9.12. The largest absolute Gasteiger partial charge is 0.506 e. The number of nitrogens with one attached hydrogen (secondary N) is 1. The summed E-state index contributed by atoms with van der Waals surface area (Å²) in [6.45, 7) is 7.14. The topological polar surface area (TPSA) is 49.3 Å². The lowest BCUT2D eigenvalue weighted by Gasteiger charge is -2.19. The van der Waals surface area contributed by atoms with E-state index in [0.717, 1.165) is 0 Å². The third-order valence-electron chi connectivity index (χ3n) is 2.36. The second kappa shape index (κ2) is 6.26. The fraction of sp³-hybridized carbons (Fsp3) is 0.333. The molecule has 0 aliphatic heterocycles. The molecule has 0 unspecified atom stereocenters. The fourth-order valence-electron chi connectivity index (χ4n) is 1.50. The maximum atomic E-state index is 11.3. The quantitative estimate of drug-likeness (QED) is 0.893. The monoisotopic (exact) mass is 317 g/mol. The van der Waals surface area contributed by atoms with E-state index in [-0.39, 0.29) is 24.1 Å². The van der Waals surface area contributed by atoms with E-state index in [4.69, 9.17) is 18.5 Å². The number of carbonyl (C=O) groups is 1. The van der Waals surface area contributed by atoms with Crippen LogP contribution in [-0.2, 0) is 4.79 Å². The predicted molar refractivity (Wildman–Crippen MR) is 70.9 cm³/mol. The van der Waals surface area contributed by atoms with Gasteiger partial charge in [0, 0.05) is 17.0 Å². The average Bonchev–Trinajstić information content (AvgIpc) is 2.30. The third kappa shape index (κ3) is 3.61. The van der Waals surface area contributed by atoms with Crippen LogP contribution in [0.4, 0.5) is 0 Å². The zero-order valence-electron chi connectivity index (χ0n) is 9.34. The van der Waals surface area contributed by atoms with Gasteiger partial charge in [-0.3, -0.25) is 4.79 Å². The normalized spacial score (nSPS) is 12.2. The summed E-state index contributed by atoms with van der Waals surface area (Å²) in [4.78, 5) is 11.3. The molecule has 3 nitrogen and oxygen atoms in total. The number of hydrogen-bond donors (Lipinski definition) is 2. The van der Waals surface area contributed by atoms with Crippen LogP contribution in [0.1, 0.15) is 31.4 Å². The average molecular weight is 319 g/mol. The summed E-state index contributed by atoms with van der Waals surface area (Å²) in [5.41, 5.74) is 0.577. The molecule has 2 radical (unpaired) electrons. The van der Waals surface area contributed by atoms with Crippen LogP contribution in [-0.4, -0.2) is 11.0 Å². The summed E-state index contributed by atoms with van der Waals surface area (Å²) < 4.78 is 0.500. The third-order valence-corrected chi connectivity index (χ3v) is 3.18. The van der Waals surface area contributed by atoms with E-state index in [1.54, 1.807) is 12.1 Å². The number of halogens is 2. The van der Waals surface area contributed by atoms with E-state index in [1.807, 2.05) is 6.92 Å². The molecule has 0 aliphatic rings. The minimum absolute atomic E-state index is 0.0820. The Balaban J connectivity index is 3.07. The highest BCUT2D eigenvalue weighted by Crippen LogP contribution is 2.36. The van der Waals surface area contributed by atoms with Crippen molar-refractivity contribution in [3.05, 3.63) is 34.1 Å². The molecule has 0 fully saturated rings. The molecule has 1 aromatic rings. The second-order valence-corrected chi connectivity index (χ2v) is 4.85. The smallest absolute Gasteiger partial charge is 0.220 e. The molecule has 0 heterocycles. The molecule has 1 amide bonds. The van der Waals surface area contributed by atoms with Crippen molar-refractivity contribution in [3.8, 4) is 5.75 Å². The fourth-order valence-corrected chi connectivity index (χ4v) is 2.34. The number of hydrogen-bond acceptors (Lipinski definition) is 2. The van der Waals surface area contributed by atoms with Gasteiger partial charge in [0.05, 0.1) is 10.5 Å². The first-order valence-electron chi connectivity index (χ1n) is 5.16.